The molecule has 1 rings (SSSR count). The van der Waals surface area contributed by atoms with E-state index in [1.54, 1.807) is 0 Å². The van der Waals surface area contributed by atoms with Gasteiger partial charge in [-0.3, -0.25) is 9.32 Å². The quantitative estimate of drug-likeness (QED) is 0.155. The van der Waals surface area contributed by atoms with Crippen LogP contribution in [0, 0.1) is 0 Å². The summed E-state index contributed by atoms with van der Waals surface area (Å²) in [6.07, 6.45) is 17.7. The van der Waals surface area contributed by atoms with Crippen molar-refractivity contribution in [2.45, 2.75) is 90.1 Å². The summed E-state index contributed by atoms with van der Waals surface area (Å²) in [4.78, 5) is 20.9. The van der Waals surface area contributed by atoms with E-state index in [0.717, 1.165) is 37.1 Å². The number of carbonyl (C=O) groups excluding carboxylic acids is 1. The predicted molar refractivity (Wildman–Crippen MR) is 108 cm³/mol. The van der Waals surface area contributed by atoms with Crippen LogP contribution in [0.2, 0.25) is 0 Å². The average molecular weight is 407 g/mol. The second-order valence-electron chi connectivity index (χ2n) is 6.80. The number of esters is 1. The molecule has 0 aromatic heterocycles. The molecule has 0 amide bonds. The van der Waals surface area contributed by atoms with Crippen LogP contribution in [0.5, 0.6) is 0 Å². The Kier molecular flexibility index (Phi) is 13.5. The highest BCUT2D eigenvalue weighted by molar-refractivity contribution is 8.55. The zero-order valence-electron chi connectivity index (χ0n) is 16.1. The van der Waals surface area contributed by atoms with Gasteiger partial charge in [-0.25, -0.2) is 4.57 Å². The van der Waals surface area contributed by atoms with E-state index in [2.05, 4.69) is 19.1 Å². The summed E-state index contributed by atoms with van der Waals surface area (Å²) >= 11 is 0.890. The van der Waals surface area contributed by atoms with E-state index >= 15 is 0 Å². The molecule has 7 heteroatoms. The smallest absolute Gasteiger partial charge is 0.387 e. The van der Waals surface area contributed by atoms with E-state index in [1.807, 2.05) is 0 Å². The lowest BCUT2D eigenvalue weighted by molar-refractivity contribution is -0.145. The van der Waals surface area contributed by atoms with Crippen LogP contribution in [0.3, 0.4) is 0 Å². The van der Waals surface area contributed by atoms with E-state index < -0.39 is 12.9 Å². The molecular weight excluding hydrogens is 371 g/mol. The first kappa shape index (κ1) is 23.7. The zero-order valence-corrected chi connectivity index (χ0v) is 17.8. The second-order valence-corrected chi connectivity index (χ2v) is 10.7. The highest BCUT2D eigenvalue weighted by Gasteiger charge is 2.35. The van der Waals surface area contributed by atoms with Crippen LogP contribution < -0.4 is 0 Å². The van der Waals surface area contributed by atoms with Crippen molar-refractivity contribution in [3.05, 3.63) is 12.2 Å². The minimum Gasteiger partial charge on any atom is -0.463 e. The maximum absolute atomic E-state index is 11.6. The van der Waals surface area contributed by atoms with Crippen LogP contribution >= 0.6 is 18.2 Å². The average Bonchev–Trinajstić information content (AvgIpc) is 2.96. The normalized spacial score (nSPS) is 22.9. The van der Waals surface area contributed by atoms with Crippen LogP contribution in [0.4, 0.5) is 0 Å². The third-order valence-corrected chi connectivity index (χ3v) is 7.37. The van der Waals surface area contributed by atoms with Gasteiger partial charge in [-0.15, -0.1) is 0 Å². The van der Waals surface area contributed by atoms with Gasteiger partial charge in [-0.05, 0) is 43.5 Å². The summed E-state index contributed by atoms with van der Waals surface area (Å²) in [6.45, 7) is -1.18. The first-order valence-electron chi connectivity index (χ1n) is 10.00. The molecule has 2 unspecified atom stereocenters. The molecule has 0 aromatic carbocycles. The molecule has 0 aromatic rings. The summed E-state index contributed by atoms with van der Waals surface area (Å²) in [6, 6.07) is 0. The Morgan fingerprint density at radius 2 is 1.73 bits per heavy atom. The summed E-state index contributed by atoms with van der Waals surface area (Å²) in [7, 11) is 0. The molecule has 1 heterocycles. The Labute approximate surface area is 162 Å². The SMILES string of the molecule is CCCCCC/C=C\CCCCCCCC(=O)OCC1CSP(=O)(O)O1. The number of hydrogen-bond acceptors (Lipinski definition) is 5. The molecule has 1 aliphatic rings. The maximum atomic E-state index is 11.6. The van der Waals surface area contributed by atoms with Crippen LogP contribution in [-0.2, 0) is 18.6 Å². The fourth-order valence-electron chi connectivity index (χ4n) is 2.75. The van der Waals surface area contributed by atoms with Crippen molar-refractivity contribution in [1.82, 2.24) is 0 Å². The molecular formula is C19H35O5PS. The molecule has 1 saturated heterocycles. The van der Waals surface area contributed by atoms with Crippen molar-refractivity contribution in [3.63, 3.8) is 0 Å². The number of hydrogen-bond donors (Lipinski definition) is 1. The van der Waals surface area contributed by atoms with E-state index in [-0.39, 0.29) is 12.6 Å². The van der Waals surface area contributed by atoms with Gasteiger partial charge in [0.2, 0.25) is 0 Å². The van der Waals surface area contributed by atoms with E-state index in [9.17, 15) is 14.3 Å². The summed E-state index contributed by atoms with van der Waals surface area (Å²) in [5.41, 5.74) is 0. The number of rotatable bonds is 15. The molecule has 0 bridgehead atoms. The Bertz CT molecular complexity index is 455. The van der Waals surface area contributed by atoms with Crippen molar-refractivity contribution in [3.8, 4) is 0 Å². The molecule has 0 spiro atoms. The van der Waals surface area contributed by atoms with Gasteiger partial charge in [-0.1, -0.05) is 57.6 Å². The van der Waals surface area contributed by atoms with E-state index in [1.165, 1.54) is 44.9 Å². The van der Waals surface area contributed by atoms with Gasteiger partial charge in [0.15, 0.2) is 0 Å². The molecule has 2 atom stereocenters. The van der Waals surface area contributed by atoms with Gasteiger partial charge in [-0.2, -0.15) is 0 Å². The summed E-state index contributed by atoms with van der Waals surface area (Å²) in [5, 5.41) is 0. The molecule has 26 heavy (non-hydrogen) atoms. The van der Waals surface area contributed by atoms with Gasteiger partial charge in [0.25, 0.3) is 0 Å². The standard InChI is InChI=1S/C19H35O5PS/c1-2-3-4-5-6-7-8-9-10-11-12-13-14-15-19(20)23-16-18-17-26-25(21,22)24-18/h7-8,18H,2-6,9-17H2,1H3,(H,21,22)/b8-7-. The lowest BCUT2D eigenvalue weighted by atomic mass is 10.1. The van der Waals surface area contributed by atoms with Gasteiger partial charge in [0, 0.05) is 12.2 Å². The zero-order chi connectivity index (χ0) is 19.1. The Morgan fingerprint density at radius 1 is 1.12 bits per heavy atom. The minimum absolute atomic E-state index is 0.0706. The Morgan fingerprint density at radius 3 is 2.35 bits per heavy atom. The fourth-order valence-corrected chi connectivity index (χ4v) is 5.55. The van der Waals surface area contributed by atoms with Gasteiger partial charge >= 0.3 is 12.8 Å². The van der Waals surface area contributed by atoms with E-state index in [4.69, 9.17) is 9.26 Å². The molecule has 1 N–H and O–H groups in total. The number of unbranched alkanes of at least 4 members (excludes halogenated alkanes) is 9. The molecule has 0 radical (unpaired) electrons. The highest BCUT2D eigenvalue weighted by atomic mass is 32.7. The maximum Gasteiger partial charge on any atom is 0.387 e. The first-order chi connectivity index (χ1) is 12.5. The Balaban J connectivity index is 1.84. The van der Waals surface area contributed by atoms with Crippen molar-refractivity contribution in [1.29, 1.82) is 0 Å². The molecule has 1 aliphatic heterocycles. The minimum atomic E-state index is -3.49. The second kappa shape index (κ2) is 14.7. The highest BCUT2D eigenvalue weighted by Crippen LogP contribution is 2.61. The van der Waals surface area contributed by atoms with Crippen molar-refractivity contribution >= 4 is 24.1 Å². The van der Waals surface area contributed by atoms with Gasteiger partial charge in [0.1, 0.15) is 12.7 Å². The number of allylic oxidation sites excluding steroid dienone is 2. The molecule has 5 nitrogen and oxygen atoms in total. The third kappa shape index (κ3) is 13.0. The van der Waals surface area contributed by atoms with Crippen LogP contribution in [0.15, 0.2) is 12.2 Å². The molecule has 152 valence electrons. The Hall–Kier alpha value is -0.290. The first-order valence-corrected chi connectivity index (χ1v) is 13.2. The van der Waals surface area contributed by atoms with Crippen molar-refractivity contribution in [2.24, 2.45) is 0 Å². The monoisotopic (exact) mass is 406 g/mol. The van der Waals surface area contributed by atoms with Gasteiger partial charge in [0.05, 0.1) is 0 Å². The van der Waals surface area contributed by atoms with Gasteiger partial charge < -0.3 is 9.63 Å². The predicted octanol–water partition coefficient (Wildman–Crippen LogP) is 6.02. The van der Waals surface area contributed by atoms with Crippen LogP contribution in [-0.4, -0.2) is 29.3 Å². The number of carbonyl (C=O) groups is 1. The number of ether oxygens (including phenoxy) is 1. The van der Waals surface area contributed by atoms with Crippen molar-refractivity contribution in [2.75, 3.05) is 12.4 Å². The van der Waals surface area contributed by atoms with Crippen molar-refractivity contribution < 1.29 is 23.5 Å². The summed E-state index contributed by atoms with van der Waals surface area (Å²) in [5.74, 6) is 0.151. The lowest BCUT2D eigenvalue weighted by Crippen LogP contribution is -2.19. The lowest BCUT2D eigenvalue weighted by Gasteiger charge is -2.09. The molecule has 1 fully saturated rings. The fraction of sp³-hybridized carbons (Fsp3) is 0.842. The van der Waals surface area contributed by atoms with E-state index in [0.29, 0.717) is 12.2 Å². The summed E-state index contributed by atoms with van der Waals surface area (Å²) < 4.78 is 21.2. The van der Waals surface area contributed by atoms with Crippen LogP contribution in [0.1, 0.15) is 84.0 Å². The van der Waals surface area contributed by atoms with Crippen LogP contribution in [0.25, 0.3) is 0 Å². The topological polar surface area (TPSA) is 72.8 Å². The largest absolute Gasteiger partial charge is 0.463 e. The third-order valence-electron chi connectivity index (χ3n) is 4.28. The molecule has 0 aliphatic carbocycles. The molecule has 0 saturated carbocycles.